The van der Waals surface area contributed by atoms with Crippen molar-refractivity contribution in [3.63, 3.8) is 0 Å². The Bertz CT molecular complexity index is 863. The number of aryl methyl sites for hydroxylation is 1. The number of nitrogens with zero attached hydrogens (tertiary/aromatic N) is 1. The summed E-state index contributed by atoms with van der Waals surface area (Å²) < 4.78 is 25.2. The molecule has 0 unspecified atom stereocenters. The van der Waals surface area contributed by atoms with Gasteiger partial charge in [0.05, 0.1) is 10.6 Å². The van der Waals surface area contributed by atoms with Crippen LogP contribution in [0.15, 0.2) is 58.5 Å². The summed E-state index contributed by atoms with van der Waals surface area (Å²) in [6.07, 6.45) is 0. The number of hydrogen-bond donors (Lipinski definition) is 3. The second-order valence-corrected chi connectivity index (χ2v) is 7.13. The van der Waals surface area contributed by atoms with Crippen LogP contribution in [0.5, 0.6) is 0 Å². The van der Waals surface area contributed by atoms with Gasteiger partial charge in [-0.2, -0.15) is 5.10 Å². The highest BCUT2D eigenvalue weighted by atomic mass is 35.5. The molecule has 9 heteroatoms. The zero-order valence-corrected chi connectivity index (χ0v) is 14.2. The van der Waals surface area contributed by atoms with Gasteiger partial charge in [0.2, 0.25) is 14.9 Å². The van der Waals surface area contributed by atoms with Crippen molar-refractivity contribution in [3.8, 4) is 0 Å². The molecule has 2 aromatic rings. The molecule has 0 heterocycles. The number of sulfone groups is 1. The molecule has 7 nitrogen and oxygen atoms in total. The number of nitrogens with one attached hydrogen (secondary N) is 2. The first-order valence-electron chi connectivity index (χ1n) is 6.76. The molecule has 24 heavy (non-hydrogen) atoms. The zero-order valence-electron chi connectivity index (χ0n) is 12.7. The molecule has 0 spiro atoms. The van der Waals surface area contributed by atoms with Crippen molar-refractivity contribution in [1.82, 2.24) is 5.43 Å². The highest BCUT2D eigenvalue weighted by molar-refractivity contribution is 8.08. The van der Waals surface area contributed by atoms with Crippen LogP contribution in [-0.4, -0.2) is 19.4 Å². The molecular weight excluding hydrogens is 352 g/mol. The first-order valence-corrected chi connectivity index (χ1v) is 8.62. The standard InChI is InChI=1S/C15H15ClN4O3S/c1-10-2-6-12(7-3-10)19-20-15(14(21)18-17)24(22,23)13-8-4-11(16)5-9-13/h2-9,19H,17H2,1H3,(H,18,21)/b20-15+. The maximum Gasteiger partial charge on any atom is 0.297 e. The van der Waals surface area contributed by atoms with Crippen molar-refractivity contribution in [2.75, 3.05) is 5.43 Å². The van der Waals surface area contributed by atoms with Gasteiger partial charge in [0.25, 0.3) is 5.91 Å². The van der Waals surface area contributed by atoms with E-state index in [1.807, 2.05) is 19.1 Å². The van der Waals surface area contributed by atoms with Crippen molar-refractivity contribution in [1.29, 1.82) is 0 Å². The molecule has 1 amide bonds. The average molecular weight is 367 g/mol. The van der Waals surface area contributed by atoms with E-state index in [2.05, 4.69) is 10.5 Å². The van der Waals surface area contributed by atoms with Gasteiger partial charge >= 0.3 is 0 Å². The summed E-state index contributed by atoms with van der Waals surface area (Å²) in [7, 11) is -4.17. The topological polar surface area (TPSA) is 114 Å². The molecule has 0 atom stereocenters. The van der Waals surface area contributed by atoms with Gasteiger partial charge in [-0.05, 0) is 43.3 Å². The lowest BCUT2D eigenvalue weighted by Crippen LogP contribution is -2.40. The summed E-state index contributed by atoms with van der Waals surface area (Å²) in [5.74, 6) is 4.03. The van der Waals surface area contributed by atoms with E-state index < -0.39 is 20.8 Å². The number of carbonyl (C=O) groups excluding carboxylic acids is 1. The minimum Gasteiger partial charge on any atom is -0.288 e. The first kappa shape index (κ1) is 17.9. The van der Waals surface area contributed by atoms with Crippen LogP contribution in [0, 0.1) is 6.92 Å². The van der Waals surface area contributed by atoms with Crippen molar-refractivity contribution < 1.29 is 13.2 Å². The molecule has 0 saturated carbocycles. The highest BCUT2D eigenvalue weighted by Gasteiger charge is 2.29. The quantitative estimate of drug-likeness (QED) is 0.252. The van der Waals surface area contributed by atoms with Gasteiger partial charge in [0.1, 0.15) is 0 Å². The molecule has 0 aliphatic heterocycles. The van der Waals surface area contributed by atoms with Crippen LogP contribution in [-0.2, 0) is 14.6 Å². The van der Waals surface area contributed by atoms with Crippen LogP contribution < -0.4 is 16.7 Å². The average Bonchev–Trinajstić information content (AvgIpc) is 2.56. The van der Waals surface area contributed by atoms with Gasteiger partial charge < -0.3 is 0 Å². The van der Waals surface area contributed by atoms with Crippen molar-refractivity contribution in [2.45, 2.75) is 11.8 Å². The van der Waals surface area contributed by atoms with Gasteiger partial charge in [-0.1, -0.05) is 29.3 Å². The summed E-state index contributed by atoms with van der Waals surface area (Å²) in [6.45, 7) is 1.91. The number of nitrogens with two attached hydrogens (primary N) is 1. The minimum absolute atomic E-state index is 0.125. The van der Waals surface area contributed by atoms with Crippen LogP contribution >= 0.6 is 11.6 Å². The molecule has 4 N–H and O–H groups in total. The molecule has 0 aliphatic carbocycles. The van der Waals surface area contributed by atoms with E-state index in [0.29, 0.717) is 10.7 Å². The fraction of sp³-hybridized carbons (Fsp3) is 0.0667. The molecule has 0 fully saturated rings. The fourth-order valence-electron chi connectivity index (χ4n) is 1.76. The number of rotatable bonds is 3. The Balaban J connectivity index is 2.40. The summed E-state index contributed by atoms with van der Waals surface area (Å²) in [6, 6.07) is 12.4. The van der Waals surface area contributed by atoms with Crippen molar-refractivity contribution in [3.05, 3.63) is 59.1 Å². The van der Waals surface area contributed by atoms with Crippen LogP contribution in [0.2, 0.25) is 5.02 Å². The molecule has 126 valence electrons. The first-order chi connectivity index (χ1) is 11.3. The molecule has 2 rings (SSSR count). The molecule has 0 saturated heterocycles. The lowest BCUT2D eigenvalue weighted by atomic mass is 10.2. The third kappa shape index (κ3) is 4.10. The largest absolute Gasteiger partial charge is 0.297 e. The third-order valence-electron chi connectivity index (χ3n) is 3.04. The van der Waals surface area contributed by atoms with Crippen LogP contribution in [0.4, 0.5) is 5.69 Å². The lowest BCUT2D eigenvalue weighted by molar-refractivity contribution is -0.114. The van der Waals surface area contributed by atoms with Crippen LogP contribution in [0.1, 0.15) is 5.56 Å². The molecule has 0 radical (unpaired) electrons. The smallest absolute Gasteiger partial charge is 0.288 e. The van der Waals surface area contributed by atoms with Gasteiger partial charge in [-0.25, -0.2) is 14.3 Å². The number of carbonyl (C=O) groups is 1. The molecule has 0 bridgehead atoms. The van der Waals surface area contributed by atoms with E-state index in [1.54, 1.807) is 17.6 Å². The Kier molecular flexibility index (Phi) is 5.55. The normalized spacial score (nSPS) is 11.9. The van der Waals surface area contributed by atoms with Gasteiger partial charge in [-0.3, -0.25) is 15.6 Å². The van der Waals surface area contributed by atoms with Gasteiger partial charge in [0.15, 0.2) is 0 Å². The number of amides is 1. The Hall–Kier alpha value is -2.42. The number of hydrazine groups is 1. The Morgan fingerprint density at radius 2 is 1.67 bits per heavy atom. The van der Waals surface area contributed by atoms with E-state index >= 15 is 0 Å². The second-order valence-electron chi connectivity index (χ2n) is 4.83. The Morgan fingerprint density at radius 1 is 1.08 bits per heavy atom. The molecule has 2 aromatic carbocycles. The third-order valence-corrected chi connectivity index (χ3v) is 4.97. The van der Waals surface area contributed by atoms with Crippen LogP contribution in [0.25, 0.3) is 0 Å². The van der Waals surface area contributed by atoms with E-state index in [4.69, 9.17) is 17.4 Å². The Morgan fingerprint density at radius 3 is 2.21 bits per heavy atom. The van der Waals surface area contributed by atoms with Crippen molar-refractivity contribution in [2.24, 2.45) is 10.9 Å². The van der Waals surface area contributed by atoms with E-state index in [1.165, 1.54) is 24.3 Å². The maximum atomic E-state index is 12.6. The lowest BCUT2D eigenvalue weighted by Gasteiger charge is -2.08. The summed E-state index contributed by atoms with van der Waals surface area (Å²) in [5.41, 5.74) is 5.87. The predicted molar refractivity (Wildman–Crippen MR) is 93.2 cm³/mol. The van der Waals surface area contributed by atoms with E-state index in [9.17, 15) is 13.2 Å². The SMILES string of the molecule is Cc1ccc(N/N=C(\C(=O)NN)S(=O)(=O)c2ccc(Cl)cc2)cc1. The van der Waals surface area contributed by atoms with Gasteiger partial charge in [-0.15, -0.1) is 0 Å². The molecule has 0 aromatic heterocycles. The summed E-state index contributed by atoms with van der Waals surface area (Å²) in [4.78, 5) is 11.7. The second kappa shape index (κ2) is 7.43. The van der Waals surface area contributed by atoms with E-state index in [-0.39, 0.29) is 4.90 Å². The highest BCUT2D eigenvalue weighted by Crippen LogP contribution is 2.17. The molecule has 0 aliphatic rings. The molecular formula is C15H15ClN4O3S. The summed E-state index contributed by atoms with van der Waals surface area (Å²) in [5, 5.41) is 3.33. The minimum atomic E-state index is -4.17. The monoisotopic (exact) mass is 366 g/mol. The van der Waals surface area contributed by atoms with Crippen molar-refractivity contribution >= 4 is 38.1 Å². The zero-order chi connectivity index (χ0) is 17.7. The number of benzene rings is 2. The number of halogens is 1. The van der Waals surface area contributed by atoms with Gasteiger partial charge in [0, 0.05) is 5.02 Å². The number of hydrogen-bond acceptors (Lipinski definition) is 6. The number of hydrazone groups is 1. The summed E-state index contributed by atoms with van der Waals surface area (Å²) >= 11 is 5.75. The Labute approximate surface area is 144 Å². The fourth-order valence-corrected chi connectivity index (χ4v) is 3.08. The van der Waals surface area contributed by atoms with E-state index in [0.717, 1.165) is 5.56 Å². The van der Waals surface area contributed by atoms with Crippen LogP contribution in [0.3, 0.4) is 0 Å². The maximum absolute atomic E-state index is 12.6. The predicted octanol–water partition coefficient (Wildman–Crippen LogP) is 1.84. The number of anilines is 1.